The summed E-state index contributed by atoms with van der Waals surface area (Å²) >= 11 is 0. The molecule has 1 fully saturated rings. The predicted octanol–water partition coefficient (Wildman–Crippen LogP) is 3.10. The summed E-state index contributed by atoms with van der Waals surface area (Å²) in [6.07, 6.45) is 2.36. The second kappa shape index (κ2) is 6.18. The third kappa shape index (κ3) is 4.31. The van der Waals surface area contributed by atoms with Crippen LogP contribution in [0.15, 0.2) is 24.3 Å². The van der Waals surface area contributed by atoms with Crippen molar-refractivity contribution < 1.29 is 4.79 Å². The molecule has 1 atom stereocenters. The zero-order valence-corrected chi connectivity index (χ0v) is 13.8. The molecule has 0 spiro atoms. The minimum atomic E-state index is 0.0299. The van der Waals surface area contributed by atoms with Crippen molar-refractivity contribution in [2.75, 3.05) is 19.6 Å². The third-order valence-corrected chi connectivity index (χ3v) is 4.37. The fraction of sp³-hybridized carbons (Fsp3) is 0.611. The Labute approximate surface area is 128 Å². The van der Waals surface area contributed by atoms with Gasteiger partial charge in [0.05, 0.1) is 0 Å². The Morgan fingerprint density at radius 2 is 1.95 bits per heavy atom. The molecule has 0 saturated carbocycles. The fourth-order valence-electron chi connectivity index (χ4n) is 2.79. The van der Waals surface area contributed by atoms with E-state index in [1.165, 1.54) is 18.4 Å². The topological polar surface area (TPSA) is 41.1 Å². The van der Waals surface area contributed by atoms with Crippen molar-refractivity contribution in [3.8, 4) is 0 Å². The Hall–Kier alpha value is -1.35. The summed E-state index contributed by atoms with van der Waals surface area (Å²) in [5, 5.41) is 6.50. The lowest BCUT2D eigenvalue weighted by Gasteiger charge is -2.34. The van der Waals surface area contributed by atoms with Gasteiger partial charge in [0.1, 0.15) is 0 Å². The maximum atomic E-state index is 12.3. The van der Waals surface area contributed by atoms with Crippen LogP contribution in [0.25, 0.3) is 0 Å². The molecule has 0 aromatic heterocycles. The van der Waals surface area contributed by atoms with Crippen molar-refractivity contribution in [2.45, 2.75) is 46.0 Å². The van der Waals surface area contributed by atoms with Crippen LogP contribution in [0.3, 0.4) is 0 Å². The van der Waals surface area contributed by atoms with Gasteiger partial charge in [0.15, 0.2) is 0 Å². The molecule has 0 bridgehead atoms. The standard InChI is InChI=1S/C18H28N2O/c1-17(2,3)15-8-6-14(7-9-15)16(21)20-13-18(4)10-5-11-19-12-18/h6-9,19H,5,10-13H2,1-4H3,(H,20,21). The van der Waals surface area contributed by atoms with Gasteiger partial charge < -0.3 is 10.6 Å². The Bertz CT molecular complexity index is 479. The number of hydrogen-bond acceptors (Lipinski definition) is 2. The van der Waals surface area contributed by atoms with Crippen molar-refractivity contribution in [3.05, 3.63) is 35.4 Å². The molecule has 116 valence electrons. The third-order valence-electron chi connectivity index (χ3n) is 4.37. The van der Waals surface area contributed by atoms with Gasteiger partial charge in [-0.1, -0.05) is 39.8 Å². The van der Waals surface area contributed by atoms with Gasteiger partial charge in [0.25, 0.3) is 5.91 Å². The SMILES string of the molecule is CC1(CNC(=O)c2ccc(C(C)(C)C)cc2)CCCNC1. The van der Waals surface area contributed by atoms with Crippen molar-refractivity contribution in [1.82, 2.24) is 10.6 Å². The molecule has 3 heteroatoms. The molecule has 1 aliphatic rings. The Morgan fingerprint density at radius 3 is 2.48 bits per heavy atom. The molecule has 1 aliphatic heterocycles. The molecule has 2 rings (SSSR count). The van der Waals surface area contributed by atoms with E-state index in [2.05, 4.69) is 50.5 Å². The Morgan fingerprint density at radius 1 is 1.29 bits per heavy atom. The van der Waals surface area contributed by atoms with E-state index < -0.39 is 0 Å². The highest BCUT2D eigenvalue weighted by Crippen LogP contribution is 2.25. The summed E-state index contributed by atoms with van der Waals surface area (Å²) in [6, 6.07) is 7.96. The molecule has 1 amide bonds. The molecule has 1 unspecified atom stereocenters. The smallest absolute Gasteiger partial charge is 0.251 e. The van der Waals surface area contributed by atoms with Gasteiger partial charge in [-0.3, -0.25) is 4.79 Å². The Balaban J connectivity index is 1.94. The summed E-state index contributed by atoms with van der Waals surface area (Å²) in [7, 11) is 0. The number of amides is 1. The average Bonchev–Trinajstić information content (AvgIpc) is 2.45. The van der Waals surface area contributed by atoms with E-state index in [4.69, 9.17) is 0 Å². The maximum absolute atomic E-state index is 12.3. The zero-order chi connectivity index (χ0) is 15.5. The van der Waals surface area contributed by atoms with Crippen molar-refractivity contribution in [1.29, 1.82) is 0 Å². The normalized spacial score (nSPS) is 22.9. The van der Waals surface area contributed by atoms with Crippen molar-refractivity contribution in [2.24, 2.45) is 5.41 Å². The van der Waals surface area contributed by atoms with Crippen molar-refractivity contribution >= 4 is 5.91 Å². The highest BCUT2D eigenvalue weighted by atomic mass is 16.1. The van der Waals surface area contributed by atoms with E-state index in [0.29, 0.717) is 0 Å². The second-order valence-corrected chi connectivity index (χ2v) is 7.60. The van der Waals surface area contributed by atoms with Crippen LogP contribution in [0.5, 0.6) is 0 Å². The maximum Gasteiger partial charge on any atom is 0.251 e. The van der Waals surface area contributed by atoms with Gasteiger partial charge in [-0.25, -0.2) is 0 Å². The van der Waals surface area contributed by atoms with Gasteiger partial charge >= 0.3 is 0 Å². The largest absolute Gasteiger partial charge is 0.351 e. The first kappa shape index (κ1) is 16.0. The highest BCUT2D eigenvalue weighted by molar-refractivity contribution is 5.94. The van der Waals surface area contributed by atoms with Crippen LogP contribution in [0.2, 0.25) is 0 Å². The molecule has 1 heterocycles. The van der Waals surface area contributed by atoms with E-state index in [1.807, 2.05) is 12.1 Å². The van der Waals surface area contributed by atoms with Crippen LogP contribution < -0.4 is 10.6 Å². The lowest BCUT2D eigenvalue weighted by molar-refractivity contribution is 0.0924. The monoisotopic (exact) mass is 288 g/mol. The summed E-state index contributed by atoms with van der Waals surface area (Å²) < 4.78 is 0. The van der Waals surface area contributed by atoms with Crippen LogP contribution in [-0.4, -0.2) is 25.5 Å². The van der Waals surface area contributed by atoms with E-state index in [-0.39, 0.29) is 16.7 Å². The molecular formula is C18H28N2O. The summed E-state index contributed by atoms with van der Waals surface area (Å²) in [5.74, 6) is 0.0299. The van der Waals surface area contributed by atoms with E-state index in [9.17, 15) is 4.79 Å². The quantitative estimate of drug-likeness (QED) is 0.897. The summed E-state index contributed by atoms with van der Waals surface area (Å²) in [5.41, 5.74) is 2.30. The van der Waals surface area contributed by atoms with Crippen LogP contribution in [-0.2, 0) is 5.41 Å². The van der Waals surface area contributed by atoms with Crippen LogP contribution >= 0.6 is 0 Å². The molecule has 0 aliphatic carbocycles. The van der Waals surface area contributed by atoms with Gasteiger partial charge in [-0.15, -0.1) is 0 Å². The minimum Gasteiger partial charge on any atom is -0.351 e. The number of piperidine rings is 1. The van der Waals surface area contributed by atoms with Crippen LogP contribution in [0.1, 0.15) is 56.5 Å². The van der Waals surface area contributed by atoms with Gasteiger partial charge in [0.2, 0.25) is 0 Å². The number of nitrogens with one attached hydrogen (secondary N) is 2. The number of benzene rings is 1. The molecule has 0 radical (unpaired) electrons. The summed E-state index contributed by atoms with van der Waals surface area (Å²) in [4.78, 5) is 12.3. The second-order valence-electron chi connectivity index (χ2n) is 7.60. The highest BCUT2D eigenvalue weighted by Gasteiger charge is 2.27. The average molecular weight is 288 g/mol. The number of rotatable bonds is 3. The fourth-order valence-corrected chi connectivity index (χ4v) is 2.79. The first-order valence-corrected chi connectivity index (χ1v) is 7.90. The van der Waals surface area contributed by atoms with E-state index >= 15 is 0 Å². The molecule has 3 nitrogen and oxygen atoms in total. The Kier molecular flexibility index (Phi) is 4.72. The van der Waals surface area contributed by atoms with Gasteiger partial charge in [0, 0.05) is 18.7 Å². The predicted molar refractivity (Wildman–Crippen MR) is 87.7 cm³/mol. The van der Waals surface area contributed by atoms with E-state index in [1.54, 1.807) is 0 Å². The van der Waals surface area contributed by atoms with Gasteiger partial charge in [-0.2, -0.15) is 0 Å². The molecule has 2 N–H and O–H groups in total. The lowest BCUT2D eigenvalue weighted by Crippen LogP contribution is -2.45. The van der Waals surface area contributed by atoms with Crippen molar-refractivity contribution in [3.63, 3.8) is 0 Å². The lowest BCUT2D eigenvalue weighted by atomic mass is 9.82. The summed E-state index contributed by atoms with van der Waals surface area (Å²) in [6.45, 7) is 11.6. The first-order valence-electron chi connectivity index (χ1n) is 7.90. The molecule has 1 aromatic carbocycles. The number of hydrogen-bond donors (Lipinski definition) is 2. The molecule has 1 aromatic rings. The first-order chi connectivity index (χ1) is 9.80. The molecule has 1 saturated heterocycles. The number of carbonyl (C=O) groups is 1. The minimum absolute atomic E-state index is 0.0299. The van der Waals surface area contributed by atoms with Crippen LogP contribution in [0, 0.1) is 5.41 Å². The van der Waals surface area contributed by atoms with Crippen LogP contribution in [0.4, 0.5) is 0 Å². The molecule has 21 heavy (non-hydrogen) atoms. The zero-order valence-electron chi connectivity index (χ0n) is 13.8. The number of carbonyl (C=O) groups excluding carboxylic acids is 1. The van der Waals surface area contributed by atoms with E-state index in [0.717, 1.165) is 25.2 Å². The van der Waals surface area contributed by atoms with Gasteiger partial charge in [-0.05, 0) is 47.9 Å². The molecular weight excluding hydrogens is 260 g/mol.